The van der Waals surface area contributed by atoms with Crippen molar-refractivity contribution in [3.8, 4) is 0 Å². The molecule has 0 aliphatic rings. The molecule has 0 radical (unpaired) electrons. The van der Waals surface area contributed by atoms with Gasteiger partial charge in [0, 0.05) is 24.6 Å². The zero-order chi connectivity index (χ0) is 14.5. The Labute approximate surface area is 114 Å². The van der Waals surface area contributed by atoms with Crippen LogP contribution in [0, 0.1) is 18.6 Å². The molecule has 0 bridgehead atoms. The van der Waals surface area contributed by atoms with Crippen LogP contribution < -0.4 is 5.32 Å². The van der Waals surface area contributed by atoms with Crippen LogP contribution in [0.15, 0.2) is 22.7 Å². The number of aryl methyl sites for hydroxylation is 2. The minimum Gasteiger partial charge on any atom is -0.339 e. The minimum atomic E-state index is -0.996. The molecular formula is C13H13F2N3O2. The first-order chi connectivity index (χ1) is 9.54. The van der Waals surface area contributed by atoms with Gasteiger partial charge in [-0.25, -0.2) is 8.78 Å². The van der Waals surface area contributed by atoms with Gasteiger partial charge in [-0.2, -0.15) is 4.98 Å². The second kappa shape index (κ2) is 6.23. The largest absolute Gasteiger partial charge is 0.339 e. The van der Waals surface area contributed by atoms with Crippen molar-refractivity contribution in [2.45, 2.75) is 26.2 Å². The van der Waals surface area contributed by atoms with Crippen LogP contribution in [-0.4, -0.2) is 16.0 Å². The molecule has 1 heterocycles. The standard InChI is InChI=1S/C13H13F2N3O2/c1-8-16-13(20-18-8)4-2-3-12(19)17-9-5-6-10(14)11(15)7-9/h5-7H,2-4H2,1H3,(H,17,19). The van der Waals surface area contributed by atoms with Gasteiger partial charge in [-0.15, -0.1) is 0 Å². The summed E-state index contributed by atoms with van der Waals surface area (Å²) in [5.74, 6) is -1.21. The van der Waals surface area contributed by atoms with E-state index in [0.29, 0.717) is 24.6 Å². The molecule has 7 heteroatoms. The van der Waals surface area contributed by atoms with Crippen molar-refractivity contribution in [3.63, 3.8) is 0 Å². The molecule has 0 spiro atoms. The number of hydrogen-bond acceptors (Lipinski definition) is 4. The smallest absolute Gasteiger partial charge is 0.226 e. The van der Waals surface area contributed by atoms with Gasteiger partial charge in [-0.3, -0.25) is 4.79 Å². The lowest BCUT2D eigenvalue weighted by atomic mass is 10.2. The molecule has 5 nitrogen and oxygen atoms in total. The zero-order valence-corrected chi connectivity index (χ0v) is 10.8. The molecule has 0 aliphatic heterocycles. The van der Waals surface area contributed by atoms with E-state index in [-0.39, 0.29) is 18.0 Å². The Morgan fingerprint density at radius 1 is 1.35 bits per heavy atom. The molecule has 106 valence electrons. The molecule has 0 saturated carbocycles. The third kappa shape index (κ3) is 3.84. The fourth-order valence-corrected chi connectivity index (χ4v) is 1.64. The molecule has 0 fully saturated rings. The summed E-state index contributed by atoms with van der Waals surface area (Å²) in [7, 11) is 0. The predicted octanol–water partition coefficient (Wildman–Crippen LogP) is 2.62. The van der Waals surface area contributed by atoms with Crippen LogP contribution in [0.25, 0.3) is 0 Å². The second-order valence-corrected chi connectivity index (χ2v) is 4.27. The highest BCUT2D eigenvalue weighted by Crippen LogP contribution is 2.13. The van der Waals surface area contributed by atoms with Gasteiger partial charge in [-0.05, 0) is 25.5 Å². The highest BCUT2D eigenvalue weighted by atomic mass is 19.2. The molecule has 1 N–H and O–H groups in total. The molecule has 1 aromatic heterocycles. The number of hydrogen-bond donors (Lipinski definition) is 1. The van der Waals surface area contributed by atoms with E-state index in [9.17, 15) is 13.6 Å². The Morgan fingerprint density at radius 2 is 2.15 bits per heavy atom. The number of halogens is 2. The lowest BCUT2D eigenvalue weighted by molar-refractivity contribution is -0.116. The quantitative estimate of drug-likeness (QED) is 0.914. The van der Waals surface area contributed by atoms with Gasteiger partial charge >= 0.3 is 0 Å². The van der Waals surface area contributed by atoms with Gasteiger partial charge in [0.15, 0.2) is 17.5 Å². The van der Waals surface area contributed by atoms with E-state index in [4.69, 9.17) is 4.52 Å². The van der Waals surface area contributed by atoms with E-state index in [1.807, 2.05) is 0 Å². The van der Waals surface area contributed by atoms with Gasteiger partial charge in [0.1, 0.15) is 0 Å². The summed E-state index contributed by atoms with van der Waals surface area (Å²) >= 11 is 0. The number of carbonyl (C=O) groups excluding carboxylic acids is 1. The number of nitrogens with zero attached hydrogens (tertiary/aromatic N) is 2. The van der Waals surface area contributed by atoms with Crippen molar-refractivity contribution in [2.24, 2.45) is 0 Å². The van der Waals surface area contributed by atoms with E-state index in [2.05, 4.69) is 15.5 Å². The Morgan fingerprint density at radius 3 is 2.80 bits per heavy atom. The molecule has 2 rings (SSSR count). The molecule has 1 aromatic carbocycles. The van der Waals surface area contributed by atoms with E-state index in [0.717, 1.165) is 12.1 Å². The van der Waals surface area contributed by atoms with Crippen LogP contribution in [0.3, 0.4) is 0 Å². The number of rotatable bonds is 5. The Hall–Kier alpha value is -2.31. The lowest BCUT2D eigenvalue weighted by Crippen LogP contribution is -2.11. The molecular weight excluding hydrogens is 268 g/mol. The summed E-state index contributed by atoms with van der Waals surface area (Å²) in [4.78, 5) is 15.6. The van der Waals surface area contributed by atoms with Gasteiger partial charge < -0.3 is 9.84 Å². The predicted molar refractivity (Wildman–Crippen MR) is 67.0 cm³/mol. The first kappa shape index (κ1) is 14.1. The number of aromatic nitrogens is 2. The number of amides is 1. The summed E-state index contributed by atoms with van der Waals surface area (Å²) in [5.41, 5.74) is 0.225. The third-order valence-corrected chi connectivity index (χ3v) is 2.57. The highest BCUT2D eigenvalue weighted by molar-refractivity contribution is 5.90. The van der Waals surface area contributed by atoms with Crippen molar-refractivity contribution in [1.82, 2.24) is 10.1 Å². The summed E-state index contributed by atoms with van der Waals surface area (Å²) < 4.78 is 30.6. The van der Waals surface area contributed by atoms with Crippen LogP contribution in [0.4, 0.5) is 14.5 Å². The van der Waals surface area contributed by atoms with Crippen molar-refractivity contribution < 1.29 is 18.1 Å². The third-order valence-electron chi connectivity index (χ3n) is 2.57. The summed E-state index contributed by atoms with van der Waals surface area (Å²) in [5, 5.41) is 6.13. The van der Waals surface area contributed by atoms with Gasteiger partial charge in [0.25, 0.3) is 0 Å². The molecule has 0 unspecified atom stereocenters. The molecule has 0 saturated heterocycles. The van der Waals surface area contributed by atoms with Crippen LogP contribution in [-0.2, 0) is 11.2 Å². The first-order valence-corrected chi connectivity index (χ1v) is 6.08. The van der Waals surface area contributed by atoms with Gasteiger partial charge in [0.05, 0.1) is 0 Å². The maximum atomic E-state index is 13.0. The number of anilines is 1. The van der Waals surface area contributed by atoms with E-state index in [1.54, 1.807) is 6.92 Å². The van der Waals surface area contributed by atoms with Crippen LogP contribution in [0.5, 0.6) is 0 Å². The first-order valence-electron chi connectivity index (χ1n) is 6.08. The molecule has 0 aliphatic carbocycles. The van der Waals surface area contributed by atoms with Crippen LogP contribution >= 0.6 is 0 Å². The van der Waals surface area contributed by atoms with E-state index in [1.165, 1.54) is 6.07 Å². The summed E-state index contributed by atoms with van der Waals surface area (Å²) in [6, 6.07) is 3.21. The SMILES string of the molecule is Cc1noc(CCCC(=O)Nc2ccc(F)c(F)c2)n1. The Kier molecular flexibility index (Phi) is 4.39. The van der Waals surface area contributed by atoms with Crippen molar-refractivity contribution in [2.75, 3.05) is 5.32 Å². The molecule has 2 aromatic rings. The maximum Gasteiger partial charge on any atom is 0.226 e. The van der Waals surface area contributed by atoms with Crippen molar-refractivity contribution >= 4 is 11.6 Å². The summed E-state index contributed by atoms with van der Waals surface area (Å²) in [6.07, 6.45) is 1.24. The average Bonchev–Trinajstić information content (AvgIpc) is 2.80. The van der Waals surface area contributed by atoms with E-state index >= 15 is 0 Å². The molecule has 1 amide bonds. The average molecular weight is 281 g/mol. The molecule has 0 atom stereocenters. The number of carbonyl (C=O) groups is 1. The maximum absolute atomic E-state index is 13.0. The molecule has 20 heavy (non-hydrogen) atoms. The van der Waals surface area contributed by atoms with E-state index < -0.39 is 11.6 Å². The van der Waals surface area contributed by atoms with Gasteiger partial charge in [0.2, 0.25) is 11.8 Å². The van der Waals surface area contributed by atoms with Crippen molar-refractivity contribution in [1.29, 1.82) is 0 Å². The Bertz CT molecular complexity index is 613. The van der Waals surface area contributed by atoms with Crippen LogP contribution in [0.2, 0.25) is 0 Å². The van der Waals surface area contributed by atoms with Crippen LogP contribution in [0.1, 0.15) is 24.6 Å². The topological polar surface area (TPSA) is 68.0 Å². The summed E-state index contributed by atoms with van der Waals surface area (Å²) in [6.45, 7) is 1.71. The highest BCUT2D eigenvalue weighted by Gasteiger charge is 2.08. The Balaban J connectivity index is 1.79. The normalized spacial score (nSPS) is 10.6. The lowest BCUT2D eigenvalue weighted by Gasteiger charge is -2.04. The zero-order valence-electron chi connectivity index (χ0n) is 10.8. The fraction of sp³-hybridized carbons (Fsp3) is 0.308. The number of benzene rings is 1. The second-order valence-electron chi connectivity index (χ2n) is 4.27. The monoisotopic (exact) mass is 281 g/mol. The minimum absolute atomic E-state index is 0.223. The fourth-order valence-electron chi connectivity index (χ4n) is 1.64. The number of nitrogens with one attached hydrogen (secondary N) is 1. The van der Waals surface area contributed by atoms with Crippen molar-refractivity contribution in [3.05, 3.63) is 41.5 Å². The van der Waals surface area contributed by atoms with Gasteiger partial charge in [-0.1, -0.05) is 5.16 Å².